The average molecular weight is 213 g/mol. The molecule has 1 amide bonds. The van der Waals surface area contributed by atoms with Gasteiger partial charge in [0.05, 0.1) is 6.10 Å². The summed E-state index contributed by atoms with van der Waals surface area (Å²) in [5.41, 5.74) is -0.200. The molecule has 0 bridgehead atoms. The highest BCUT2D eigenvalue weighted by Crippen LogP contribution is 2.40. The number of amides is 1. The molecule has 0 spiro atoms. The molecule has 3 unspecified atom stereocenters. The number of nitrogens with one attached hydrogen (secondary N) is 1. The summed E-state index contributed by atoms with van der Waals surface area (Å²) in [5.74, 6) is -0.0162. The standard InChI is InChI=1S/C11H19NO3/c1-11(2)8(6-9(11)13)12-10(14)7-4-3-5-15-7/h7-9,13H,3-6H2,1-2H3,(H,12,14). The molecule has 1 aliphatic carbocycles. The Kier molecular flexibility index (Phi) is 2.73. The predicted molar refractivity (Wildman–Crippen MR) is 55.3 cm³/mol. The molecule has 0 aromatic rings. The van der Waals surface area contributed by atoms with Crippen molar-refractivity contribution in [3.8, 4) is 0 Å². The van der Waals surface area contributed by atoms with Crippen molar-refractivity contribution in [1.29, 1.82) is 0 Å². The molecule has 0 radical (unpaired) electrons. The number of hydrogen-bond donors (Lipinski definition) is 2. The van der Waals surface area contributed by atoms with Gasteiger partial charge >= 0.3 is 0 Å². The zero-order valence-corrected chi connectivity index (χ0v) is 9.32. The molecule has 4 heteroatoms. The van der Waals surface area contributed by atoms with Crippen molar-refractivity contribution in [2.45, 2.75) is 51.4 Å². The van der Waals surface area contributed by atoms with E-state index in [0.717, 1.165) is 12.8 Å². The van der Waals surface area contributed by atoms with Crippen molar-refractivity contribution in [3.63, 3.8) is 0 Å². The lowest BCUT2D eigenvalue weighted by Gasteiger charge is -2.49. The molecule has 0 aromatic carbocycles. The lowest BCUT2D eigenvalue weighted by Crippen LogP contribution is -2.62. The van der Waals surface area contributed by atoms with Crippen LogP contribution in [0.2, 0.25) is 0 Å². The maximum atomic E-state index is 11.7. The smallest absolute Gasteiger partial charge is 0.249 e. The highest BCUT2D eigenvalue weighted by atomic mass is 16.5. The molecule has 15 heavy (non-hydrogen) atoms. The fraction of sp³-hybridized carbons (Fsp3) is 0.909. The first-order valence-corrected chi connectivity index (χ1v) is 5.62. The van der Waals surface area contributed by atoms with Crippen molar-refractivity contribution < 1.29 is 14.6 Å². The first-order chi connectivity index (χ1) is 7.01. The predicted octanol–water partition coefficient (Wildman–Crippen LogP) is 0.441. The molecule has 0 aromatic heterocycles. The maximum absolute atomic E-state index is 11.7. The minimum Gasteiger partial charge on any atom is -0.392 e. The van der Waals surface area contributed by atoms with Gasteiger partial charge in [-0.1, -0.05) is 13.8 Å². The first-order valence-electron chi connectivity index (χ1n) is 5.62. The molecule has 1 saturated carbocycles. The summed E-state index contributed by atoms with van der Waals surface area (Å²) in [7, 11) is 0. The van der Waals surface area contributed by atoms with Gasteiger partial charge in [-0.25, -0.2) is 0 Å². The SMILES string of the molecule is CC1(C)C(O)CC1NC(=O)C1CCCO1. The summed E-state index contributed by atoms with van der Waals surface area (Å²) in [5, 5.41) is 12.5. The molecule has 1 heterocycles. The van der Waals surface area contributed by atoms with Crippen LogP contribution >= 0.6 is 0 Å². The second-order valence-corrected chi connectivity index (χ2v) is 5.14. The Morgan fingerprint density at radius 3 is 2.73 bits per heavy atom. The lowest BCUT2D eigenvalue weighted by molar-refractivity contribution is -0.137. The molecule has 1 saturated heterocycles. The van der Waals surface area contributed by atoms with E-state index >= 15 is 0 Å². The van der Waals surface area contributed by atoms with Crippen LogP contribution in [-0.4, -0.2) is 35.9 Å². The Morgan fingerprint density at radius 1 is 1.53 bits per heavy atom. The second kappa shape index (κ2) is 3.76. The summed E-state index contributed by atoms with van der Waals surface area (Å²) in [4.78, 5) is 11.7. The van der Waals surface area contributed by atoms with E-state index in [-0.39, 0.29) is 29.6 Å². The molecular formula is C11H19NO3. The molecule has 2 rings (SSSR count). The lowest BCUT2D eigenvalue weighted by atomic mass is 9.64. The average Bonchev–Trinajstić information content (AvgIpc) is 2.70. The van der Waals surface area contributed by atoms with E-state index in [1.165, 1.54) is 0 Å². The van der Waals surface area contributed by atoms with Crippen LogP contribution in [0.1, 0.15) is 33.1 Å². The molecular weight excluding hydrogens is 194 g/mol. The topological polar surface area (TPSA) is 58.6 Å². The molecule has 3 atom stereocenters. The third-order valence-corrected chi connectivity index (χ3v) is 3.75. The van der Waals surface area contributed by atoms with Crippen LogP contribution in [0.25, 0.3) is 0 Å². The van der Waals surface area contributed by atoms with E-state index in [4.69, 9.17) is 4.74 Å². The van der Waals surface area contributed by atoms with Crippen molar-refractivity contribution in [2.75, 3.05) is 6.61 Å². The normalized spacial score (nSPS) is 38.5. The van der Waals surface area contributed by atoms with E-state index in [0.29, 0.717) is 13.0 Å². The summed E-state index contributed by atoms with van der Waals surface area (Å²) in [6.45, 7) is 4.64. The zero-order chi connectivity index (χ0) is 11.1. The number of ether oxygens (including phenoxy) is 1. The molecule has 2 N–H and O–H groups in total. The number of carbonyl (C=O) groups excluding carboxylic acids is 1. The fourth-order valence-corrected chi connectivity index (χ4v) is 2.20. The van der Waals surface area contributed by atoms with Crippen molar-refractivity contribution in [2.24, 2.45) is 5.41 Å². The molecule has 4 nitrogen and oxygen atoms in total. The molecule has 2 fully saturated rings. The third-order valence-electron chi connectivity index (χ3n) is 3.75. The Labute approximate surface area is 90.0 Å². The van der Waals surface area contributed by atoms with Gasteiger partial charge in [0, 0.05) is 18.1 Å². The Hall–Kier alpha value is -0.610. The maximum Gasteiger partial charge on any atom is 0.249 e. The highest BCUT2D eigenvalue weighted by Gasteiger charge is 2.48. The van der Waals surface area contributed by atoms with Crippen molar-refractivity contribution >= 4 is 5.91 Å². The zero-order valence-electron chi connectivity index (χ0n) is 9.32. The minimum absolute atomic E-state index is 0.0162. The fourth-order valence-electron chi connectivity index (χ4n) is 2.20. The minimum atomic E-state index is -0.299. The molecule has 86 valence electrons. The third kappa shape index (κ3) is 1.88. The Morgan fingerprint density at radius 2 is 2.27 bits per heavy atom. The summed E-state index contributed by atoms with van der Waals surface area (Å²) < 4.78 is 5.30. The van der Waals surface area contributed by atoms with Crippen LogP contribution in [0, 0.1) is 5.41 Å². The van der Waals surface area contributed by atoms with E-state index < -0.39 is 0 Å². The van der Waals surface area contributed by atoms with Gasteiger partial charge in [0.15, 0.2) is 0 Å². The van der Waals surface area contributed by atoms with Crippen LogP contribution in [0.15, 0.2) is 0 Å². The van der Waals surface area contributed by atoms with Crippen molar-refractivity contribution in [1.82, 2.24) is 5.32 Å². The van der Waals surface area contributed by atoms with E-state index in [2.05, 4.69) is 5.32 Å². The van der Waals surface area contributed by atoms with Crippen LogP contribution < -0.4 is 5.32 Å². The number of aliphatic hydroxyl groups is 1. The summed E-state index contributed by atoms with van der Waals surface area (Å²) in [6, 6.07) is 0.0872. The van der Waals surface area contributed by atoms with E-state index in [1.54, 1.807) is 0 Å². The van der Waals surface area contributed by atoms with Gasteiger partial charge in [-0.2, -0.15) is 0 Å². The van der Waals surface area contributed by atoms with Crippen LogP contribution in [0.4, 0.5) is 0 Å². The van der Waals surface area contributed by atoms with Crippen LogP contribution in [0.5, 0.6) is 0 Å². The highest BCUT2D eigenvalue weighted by molar-refractivity contribution is 5.81. The van der Waals surface area contributed by atoms with Gasteiger partial charge in [-0.05, 0) is 19.3 Å². The quantitative estimate of drug-likeness (QED) is 0.700. The Bertz CT molecular complexity index is 259. The monoisotopic (exact) mass is 213 g/mol. The number of rotatable bonds is 2. The van der Waals surface area contributed by atoms with Gasteiger partial charge in [0.1, 0.15) is 6.10 Å². The Balaban J connectivity index is 1.85. The van der Waals surface area contributed by atoms with Gasteiger partial charge in [-0.3, -0.25) is 4.79 Å². The number of hydrogen-bond acceptors (Lipinski definition) is 3. The van der Waals surface area contributed by atoms with Gasteiger partial charge in [0.2, 0.25) is 5.91 Å². The molecule has 2 aliphatic rings. The second-order valence-electron chi connectivity index (χ2n) is 5.14. The largest absolute Gasteiger partial charge is 0.392 e. The van der Waals surface area contributed by atoms with E-state index in [9.17, 15) is 9.90 Å². The number of carbonyl (C=O) groups is 1. The van der Waals surface area contributed by atoms with Gasteiger partial charge in [-0.15, -0.1) is 0 Å². The van der Waals surface area contributed by atoms with Crippen molar-refractivity contribution in [3.05, 3.63) is 0 Å². The van der Waals surface area contributed by atoms with Crippen LogP contribution in [-0.2, 0) is 9.53 Å². The summed E-state index contributed by atoms with van der Waals surface area (Å²) in [6.07, 6.45) is 1.88. The first kappa shape index (κ1) is 10.9. The van der Waals surface area contributed by atoms with Gasteiger partial charge in [0.25, 0.3) is 0 Å². The van der Waals surface area contributed by atoms with Crippen LogP contribution in [0.3, 0.4) is 0 Å². The van der Waals surface area contributed by atoms with Gasteiger partial charge < -0.3 is 15.2 Å². The summed E-state index contributed by atoms with van der Waals surface area (Å²) >= 11 is 0. The molecule has 1 aliphatic heterocycles. The number of aliphatic hydroxyl groups excluding tert-OH is 1. The van der Waals surface area contributed by atoms with E-state index in [1.807, 2.05) is 13.8 Å².